The number of unbranched alkanes of at least 4 members (excludes halogenated alkanes) is 1. The van der Waals surface area contributed by atoms with Crippen molar-refractivity contribution in [2.24, 2.45) is 5.73 Å². The standard InChI is InChI=1S/C15H25N3O2/c1-12-11-14(13(2)20-12)15(19)18-9-7-17(8-10-18)6-4-3-5-16/h11H,3-10,16H2,1-2H3. The minimum absolute atomic E-state index is 0.0981. The Morgan fingerprint density at radius 3 is 2.50 bits per heavy atom. The fourth-order valence-electron chi connectivity index (χ4n) is 2.67. The number of nitrogens with two attached hydrogens (primary N) is 1. The van der Waals surface area contributed by atoms with Crippen molar-refractivity contribution in [1.29, 1.82) is 0 Å². The molecule has 0 saturated carbocycles. The lowest BCUT2D eigenvalue weighted by Gasteiger charge is -2.34. The van der Waals surface area contributed by atoms with E-state index in [9.17, 15) is 4.79 Å². The van der Waals surface area contributed by atoms with Crippen molar-refractivity contribution in [3.63, 3.8) is 0 Å². The summed E-state index contributed by atoms with van der Waals surface area (Å²) in [4.78, 5) is 16.8. The highest BCUT2D eigenvalue weighted by Crippen LogP contribution is 2.17. The summed E-state index contributed by atoms with van der Waals surface area (Å²) in [6, 6.07) is 1.84. The monoisotopic (exact) mass is 279 g/mol. The van der Waals surface area contributed by atoms with E-state index in [2.05, 4.69) is 4.90 Å². The Morgan fingerprint density at radius 1 is 1.25 bits per heavy atom. The fourth-order valence-corrected chi connectivity index (χ4v) is 2.67. The Morgan fingerprint density at radius 2 is 1.95 bits per heavy atom. The third-order valence-electron chi connectivity index (χ3n) is 3.86. The maximum atomic E-state index is 12.4. The first-order valence-corrected chi connectivity index (χ1v) is 7.40. The molecule has 2 heterocycles. The van der Waals surface area contributed by atoms with Crippen LogP contribution in [0.2, 0.25) is 0 Å². The number of nitrogens with zero attached hydrogens (tertiary/aromatic N) is 2. The molecule has 0 spiro atoms. The SMILES string of the molecule is Cc1cc(C(=O)N2CCN(CCCCN)CC2)c(C)o1. The number of furan rings is 1. The molecule has 1 aromatic rings. The van der Waals surface area contributed by atoms with Crippen molar-refractivity contribution < 1.29 is 9.21 Å². The van der Waals surface area contributed by atoms with Gasteiger partial charge >= 0.3 is 0 Å². The number of rotatable bonds is 5. The van der Waals surface area contributed by atoms with Crippen molar-refractivity contribution >= 4 is 5.91 Å². The Hall–Kier alpha value is -1.33. The third-order valence-corrected chi connectivity index (χ3v) is 3.86. The molecule has 0 aliphatic carbocycles. The summed E-state index contributed by atoms with van der Waals surface area (Å²) >= 11 is 0. The van der Waals surface area contributed by atoms with Gasteiger partial charge in [-0.25, -0.2) is 0 Å². The average Bonchev–Trinajstić information content (AvgIpc) is 2.78. The van der Waals surface area contributed by atoms with Crippen molar-refractivity contribution in [1.82, 2.24) is 9.80 Å². The number of amides is 1. The molecule has 0 bridgehead atoms. The summed E-state index contributed by atoms with van der Waals surface area (Å²) in [7, 11) is 0. The summed E-state index contributed by atoms with van der Waals surface area (Å²) in [5, 5.41) is 0. The third kappa shape index (κ3) is 3.61. The van der Waals surface area contributed by atoms with Gasteiger partial charge in [0.15, 0.2) is 0 Å². The summed E-state index contributed by atoms with van der Waals surface area (Å²) in [5.41, 5.74) is 6.21. The van der Waals surface area contributed by atoms with Crippen LogP contribution in [0.1, 0.15) is 34.7 Å². The molecule has 112 valence electrons. The summed E-state index contributed by atoms with van der Waals surface area (Å²) in [5.74, 6) is 1.62. The second-order valence-electron chi connectivity index (χ2n) is 5.46. The minimum Gasteiger partial charge on any atom is -0.466 e. The van der Waals surface area contributed by atoms with Crippen LogP contribution in [0.3, 0.4) is 0 Å². The topological polar surface area (TPSA) is 62.7 Å². The molecule has 1 fully saturated rings. The lowest BCUT2D eigenvalue weighted by Crippen LogP contribution is -2.48. The predicted molar refractivity (Wildman–Crippen MR) is 78.8 cm³/mol. The zero-order valence-corrected chi connectivity index (χ0v) is 12.5. The number of piperazine rings is 1. The van der Waals surface area contributed by atoms with Crippen LogP contribution >= 0.6 is 0 Å². The Kier molecular flexibility index (Phi) is 5.20. The van der Waals surface area contributed by atoms with Crippen molar-refractivity contribution in [3.05, 3.63) is 23.2 Å². The van der Waals surface area contributed by atoms with Gasteiger partial charge in [-0.3, -0.25) is 9.69 Å². The number of hydrogen-bond donors (Lipinski definition) is 1. The van der Waals surface area contributed by atoms with Crippen molar-refractivity contribution in [2.45, 2.75) is 26.7 Å². The van der Waals surface area contributed by atoms with Crippen LogP contribution in [0.5, 0.6) is 0 Å². The molecule has 1 saturated heterocycles. The van der Waals surface area contributed by atoms with Crippen LogP contribution < -0.4 is 5.73 Å². The fraction of sp³-hybridized carbons (Fsp3) is 0.667. The maximum Gasteiger partial charge on any atom is 0.257 e. The van der Waals surface area contributed by atoms with Crippen LogP contribution in [0.4, 0.5) is 0 Å². The van der Waals surface area contributed by atoms with Gasteiger partial charge in [0.1, 0.15) is 11.5 Å². The van der Waals surface area contributed by atoms with E-state index in [0.717, 1.165) is 63.6 Å². The highest BCUT2D eigenvalue weighted by molar-refractivity contribution is 5.95. The molecule has 1 aliphatic rings. The molecule has 0 unspecified atom stereocenters. The van der Waals surface area contributed by atoms with E-state index >= 15 is 0 Å². The molecular weight excluding hydrogens is 254 g/mol. The lowest BCUT2D eigenvalue weighted by molar-refractivity contribution is 0.0634. The molecule has 5 heteroatoms. The molecule has 0 radical (unpaired) electrons. The van der Waals surface area contributed by atoms with Crippen LogP contribution in [0.25, 0.3) is 0 Å². The lowest BCUT2D eigenvalue weighted by atomic mass is 10.2. The van der Waals surface area contributed by atoms with E-state index in [1.165, 1.54) is 0 Å². The first-order chi connectivity index (χ1) is 9.61. The average molecular weight is 279 g/mol. The first-order valence-electron chi connectivity index (χ1n) is 7.40. The van der Waals surface area contributed by atoms with E-state index < -0.39 is 0 Å². The van der Waals surface area contributed by atoms with E-state index in [4.69, 9.17) is 10.2 Å². The molecule has 0 atom stereocenters. The second kappa shape index (κ2) is 6.90. The Bertz CT molecular complexity index is 448. The van der Waals surface area contributed by atoms with Gasteiger partial charge in [0.05, 0.1) is 5.56 Å². The van der Waals surface area contributed by atoms with Gasteiger partial charge in [-0.2, -0.15) is 0 Å². The van der Waals surface area contributed by atoms with Crippen molar-refractivity contribution in [2.75, 3.05) is 39.3 Å². The van der Waals surface area contributed by atoms with E-state index in [1.54, 1.807) is 0 Å². The van der Waals surface area contributed by atoms with Crippen LogP contribution in [-0.2, 0) is 0 Å². The van der Waals surface area contributed by atoms with Gasteiger partial charge in [0.25, 0.3) is 5.91 Å². The van der Waals surface area contributed by atoms with Crippen LogP contribution in [0.15, 0.2) is 10.5 Å². The molecule has 2 N–H and O–H groups in total. The van der Waals surface area contributed by atoms with Gasteiger partial charge in [0.2, 0.25) is 0 Å². The van der Waals surface area contributed by atoms with E-state index in [1.807, 2.05) is 24.8 Å². The predicted octanol–water partition coefficient (Wildman–Crippen LogP) is 1.39. The zero-order chi connectivity index (χ0) is 14.5. The normalized spacial score (nSPS) is 16.6. The van der Waals surface area contributed by atoms with Crippen molar-refractivity contribution in [3.8, 4) is 0 Å². The smallest absolute Gasteiger partial charge is 0.257 e. The summed E-state index contributed by atoms with van der Waals surface area (Å²) < 4.78 is 5.44. The van der Waals surface area contributed by atoms with E-state index in [0.29, 0.717) is 5.56 Å². The highest BCUT2D eigenvalue weighted by atomic mass is 16.3. The number of carbonyl (C=O) groups excluding carboxylic acids is 1. The number of aryl methyl sites for hydroxylation is 2. The molecule has 0 aromatic carbocycles. The van der Waals surface area contributed by atoms with Gasteiger partial charge in [-0.15, -0.1) is 0 Å². The van der Waals surface area contributed by atoms with E-state index in [-0.39, 0.29) is 5.91 Å². The molecule has 1 aliphatic heterocycles. The Labute approximate surface area is 120 Å². The molecule has 5 nitrogen and oxygen atoms in total. The van der Waals surface area contributed by atoms with Crippen LogP contribution in [-0.4, -0.2) is 55.0 Å². The maximum absolute atomic E-state index is 12.4. The summed E-state index contributed by atoms with van der Waals surface area (Å²) in [6.07, 6.45) is 2.22. The van der Waals surface area contributed by atoms with Crippen LogP contribution in [0, 0.1) is 13.8 Å². The molecule has 1 aromatic heterocycles. The molecule has 2 rings (SSSR count). The molecular formula is C15H25N3O2. The highest BCUT2D eigenvalue weighted by Gasteiger charge is 2.24. The first kappa shape index (κ1) is 15.1. The van der Waals surface area contributed by atoms with Gasteiger partial charge in [-0.05, 0) is 45.8 Å². The minimum atomic E-state index is 0.0981. The summed E-state index contributed by atoms with van der Waals surface area (Å²) in [6.45, 7) is 9.07. The molecule has 20 heavy (non-hydrogen) atoms. The molecule has 1 amide bonds. The van der Waals surface area contributed by atoms with Gasteiger partial charge in [0, 0.05) is 26.2 Å². The quantitative estimate of drug-likeness (QED) is 0.827. The number of hydrogen-bond acceptors (Lipinski definition) is 4. The number of carbonyl (C=O) groups is 1. The largest absolute Gasteiger partial charge is 0.466 e. The zero-order valence-electron chi connectivity index (χ0n) is 12.5. The Balaban J connectivity index is 1.84. The van der Waals surface area contributed by atoms with Gasteiger partial charge in [-0.1, -0.05) is 0 Å². The van der Waals surface area contributed by atoms with Gasteiger partial charge < -0.3 is 15.1 Å². The second-order valence-corrected chi connectivity index (χ2v) is 5.46.